The maximum Gasteiger partial charge on any atom is 0.171 e. The highest BCUT2D eigenvalue weighted by Crippen LogP contribution is 2.24. The van der Waals surface area contributed by atoms with E-state index < -0.39 is 0 Å². The Morgan fingerprint density at radius 3 is 2.36 bits per heavy atom. The first-order chi connectivity index (χ1) is 10.6. The summed E-state index contributed by atoms with van der Waals surface area (Å²) in [6, 6.07) is 9.03. The molecular weight excluding hydrogens is 290 g/mol. The summed E-state index contributed by atoms with van der Waals surface area (Å²) < 4.78 is 0. The standard InChI is InChI=1S/C18H29N3S/c1-4-21(5-2)16-12-10-15(11-13-16)19-18(22)20-17-9-7-6-8-14(17)3/h10-14,17H,4-9H2,1-3H3,(H2,19,20,22)/t14-,17-/m0/s1. The molecule has 3 nitrogen and oxygen atoms in total. The summed E-state index contributed by atoms with van der Waals surface area (Å²) in [6.07, 6.45) is 5.19. The predicted octanol–water partition coefficient (Wildman–Crippen LogP) is 4.40. The first kappa shape index (κ1) is 17.1. The molecule has 0 bridgehead atoms. The summed E-state index contributed by atoms with van der Waals surface area (Å²) in [4.78, 5) is 2.34. The van der Waals surface area contributed by atoms with E-state index in [4.69, 9.17) is 12.2 Å². The van der Waals surface area contributed by atoms with Gasteiger partial charge in [-0.05, 0) is 69.1 Å². The van der Waals surface area contributed by atoms with E-state index in [1.165, 1.54) is 31.4 Å². The lowest BCUT2D eigenvalue weighted by atomic mass is 9.86. The SMILES string of the molecule is CCN(CC)c1ccc(NC(=S)N[C@H]2CCCC[C@@H]2C)cc1. The smallest absolute Gasteiger partial charge is 0.171 e. The molecule has 22 heavy (non-hydrogen) atoms. The Kier molecular flexibility index (Phi) is 6.49. The zero-order chi connectivity index (χ0) is 15.9. The monoisotopic (exact) mass is 319 g/mol. The fourth-order valence-corrected chi connectivity index (χ4v) is 3.48. The van der Waals surface area contributed by atoms with Gasteiger partial charge in [0.25, 0.3) is 0 Å². The van der Waals surface area contributed by atoms with Crippen molar-refractivity contribution >= 4 is 28.7 Å². The van der Waals surface area contributed by atoms with Crippen LogP contribution in [0.2, 0.25) is 0 Å². The number of hydrogen-bond donors (Lipinski definition) is 2. The third-order valence-electron chi connectivity index (χ3n) is 4.68. The highest BCUT2D eigenvalue weighted by atomic mass is 32.1. The highest BCUT2D eigenvalue weighted by molar-refractivity contribution is 7.80. The number of rotatable bonds is 5. The fraction of sp³-hybridized carbons (Fsp3) is 0.611. The van der Waals surface area contributed by atoms with Crippen molar-refractivity contribution in [3.8, 4) is 0 Å². The number of thiocarbonyl (C=S) groups is 1. The van der Waals surface area contributed by atoms with Crippen LogP contribution in [0.4, 0.5) is 11.4 Å². The molecule has 2 atom stereocenters. The van der Waals surface area contributed by atoms with Gasteiger partial charge < -0.3 is 15.5 Å². The van der Waals surface area contributed by atoms with E-state index in [1.807, 2.05) is 0 Å². The van der Waals surface area contributed by atoms with Gasteiger partial charge in [0, 0.05) is 30.5 Å². The maximum atomic E-state index is 5.47. The molecule has 0 aliphatic heterocycles. The fourth-order valence-electron chi connectivity index (χ4n) is 3.21. The van der Waals surface area contributed by atoms with Crippen LogP contribution >= 0.6 is 12.2 Å². The topological polar surface area (TPSA) is 27.3 Å². The van der Waals surface area contributed by atoms with Crippen LogP contribution in [-0.2, 0) is 0 Å². The van der Waals surface area contributed by atoms with Gasteiger partial charge in [0.1, 0.15) is 0 Å². The van der Waals surface area contributed by atoms with Crippen molar-refractivity contribution in [1.29, 1.82) is 0 Å². The summed E-state index contributed by atoms with van der Waals surface area (Å²) in [6.45, 7) is 8.74. The summed E-state index contributed by atoms with van der Waals surface area (Å²) in [7, 11) is 0. The van der Waals surface area contributed by atoms with Gasteiger partial charge in [0.05, 0.1) is 0 Å². The number of nitrogens with zero attached hydrogens (tertiary/aromatic N) is 1. The van der Waals surface area contributed by atoms with Gasteiger partial charge in [-0.2, -0.15) is 0 Å². The van der Waals surface area contributed by atoms with Gasteiger partial charge in [0.2, 0.25) is 0 Å². The van der Waals surface area contributed by atoms with Gasteiger partial charge in [-0.3, -0.25) is 0 Å². The van der Waals surface area contributed by atoms with E-state index in [2.05, 4.69) is 60.6 Å². The van der Waals surface area contributed by atoms with Gasteiger partial charge in [-0.25, -0.2) is 0 Å². The van der Waals surface area contributed by atoms with E-state index in [0.717, 1.165) is 23.9 Å². The number of nitrogens with one attached hydrogen (secondary N) is 2. The lowest BCUT2D eigenvalue weighted by Crippen LogP contribution is -2.43. The first-order valence-electron chi connectivity index (χ1n) is 8.56. The van der Waals surface area contributed by atoms with Crippen molar-refractivity contribution in [3.05, 3.63) is 24.3 Å². The average molecular weight is 320 g/mol. The number of hydrogen-bond acceptors (Lipinski definition) is 2. The molecule has 0 heterocycles. The predicted molar refractivity (Wildman–Crippen MR) is 101 cm³/mol. The molecule has 0 unspecified atom stereocenters. The third kappa shape index (κ3) is 4.60. The Bertz CT molecular complexity index is 468. The summed E-state index contributed by atoms with van der Waals surface area (Å²) in [5.74, 6) is 0.707. The lowest BCUT2D eigenvalue weighted by Gasteiger charge is -2.30. The molecular formula is C18H29N3S. The first-order valence-corrected chi connectivity index (χ1v) is 8.97. The molecule has 0 saturated heterocycles. The van der Waals surface area contributed by atoms with Crippen molar-refractivity contribution in [3.63, 3.8) is 0 Å². The summed E-state index contributed by atoms with van der Waals surface area (Å²) in [5, 5.41) is 7.55. The number of anilines is 2. The normalized spacial score (nSPS) is 21.2. The molecule has 1 aromatic carbocycles. The molecule has 0 amide bonds. The van der Waals surface area contributed by atoms with Crippen molar-refractivity contribution < 1.29 is 0 Å². The van der Waals surface area contributed by atoms with Gasteiger partial charge >= 0.3 is 0 Å². The molecule has 2 N–H and O–H groups in total. The van der Waals surface area contributed by atoms with Gasteiger partial charge in [0.15, 0.2) is 5.11 Å². The molecule has 0 aromatic heterocycles. The molecule has 2 rings (SSSR count). The Labute approximate surface area is 140 Å². The summed E-state index contributed by atoms with van der Waals surface area (Å²) in [5.41, 5.74) is 2.31. The molecule has 0 spiro atoms. The maximum absolute atomic E-state index is 5.47. The largest absolute Gasteiger partial charge is 0.372 e. The van der Waals surface area contributed by atoms with Crippen molar-refractivity contribution in [2.45, 2.75) is 52.5 Å². The molecule has 1 aromatic rings. The zero-order valence-corrected chi connectivity index (χ0v) is 14.9. The lowest BCUT2D eigenvalue weighted by molar-refractivity contribution is 0.309. The minimum atomic E-state index is 0.517. The molecule has 0 radical (unpaired) electrons. The molecule has 122 valence electrons. The molecule has 1 fully saturated rings. The van der Waals surface area contributed by atoms with Crippen molar-refractivity contribution in [2.24, 2.45) is 5.92 Å². The quantitative estimate of drug-likeness (QED) is 0.787. The highest BCUT2D eigenvalue weighted by Gasteiger charge is 2.21. The zero-order valence-electron chi connectivity index (χ0n) is 14.1. The Hall–Kier alpha value is -1.29. The van der Waals surface area contributed by atoms with E-state index in [9.17, 15) is 0 Å². The van der Waals surface area contributed by atoms with Crippen LogP contribution in [0.25, 0.3) is 0 Å². The minimum absolute atomic E-state index is 0.517. The number of benzene rings is 1. The van der Waals surface area contributed by atoms with Crippen LogP contribution in [0.5, 0.6) is 0 Å². The second-order valence-corrected chi connectivity index (χ2v) is 6.59. The minimum Gasteiger partial charge on any atom is -0.372 e. The van der Waals surface area contributed by atoms with Crippen LogP contribution < -0.4 is 15.5 Å². The van der Waals surface area contributed by atoms with E-state index in [1.54, 1.807) is 0 Å². The second-order valence-electron chi connectivity index (χ2n) is 6.19. The van der Waals surface area contributed by atoms with E-state index >= 15 is 0 Å². The third-order valence-corrected chi connectivity index (χ3v) is 4.90. The Morgan fingerprint density at radius 1 is 1.14 bits per heavy atom. The molecule has 4 heteroatoms. The molecule has 1 aliphatic rings. The molecule has 1 aliphatic carbocycles. The second kappa shape index (κ2) is 8.37. The van der Waals surface area contributed by atoms with Crippen LogP contribution in [0.1, 0.15) is 46.5 Å². The van der Waals surface area contributed by atoms with Crippen LogP contribution in [0.15, 0.2) is 24.3 Å². The Morgan fingerprint density at radius 2 is 1.77 bits per heavy atom. The van der Waals surface area contributed by atoms with Crippen molar-refractivity contribution in [2.75, 3.05) is 23.3 Å². The van der Waals surface area contributed by atoms with Crippen molar-refractivity contribution in [1.82, 2.24) is 5.32 Å². The van der Waals surface area contributed by atoms with Gasteiger partial charge in [-0.1, -0.05) is 19.8 Å². The van der Waals surface area contributed by atoms with Gasteiger partial charge in [-0.15, -0.1) is 0 Å². The van der Waals surface area contributed by atoms with E-state index in [0.29, 0.717) is 12.0 Å². The summed E-state index contributed by atoms with van der Waals surface area (Å²) >= 11 is 5.47. The Balaban J connectivity index is 1.88. The van der Waals surface area contributed by atoms with E-state index in [-0.39, 0.29) is 0 Å². The average Bonchev–Trinajstić information content (AvgIpc) is 2.52. The molecule has 1 saturated carbocycles. The van der Waals surface area contributed by atoms with Crippen LogP contribution in [0.3, 0.4) is 0 Å². The van der Waals surface area contributed by atoms with Crippen LogP contribution in [-0.4, -0.2) is 24.2 Å². The van der Waals surface area contributed by atoms with Crippen LogP contribution in [0, 0.1) is 5.92 Å².